The standard InChI is InChI=1S/C18H26N2O5S/c1-2-25-18(22)20-12-10-19(11-13-20)17(21)15-26(23,24)14-6-9-16-7-4-3-5-8-16/h3-5,7-8H,2,6,9-15H2,1H3. The first-order valence-electron chi connectivity index (χ1n) is 8.85. The lowest BCUT2D eigenvalue weighted by molar-refractivity contribution is -0.130. The molecule has 0 aromatic heterocycles. The molecule has 0 unspecified atom stereocenters. The normalized spacial score (nSPS) is 15.0. The molecule has 1 aliphatic heterocycles. The summed E-state index contributed by atoms with van der Waals surface area (Å²) in [6, 6.07) is 9.68. The van der Waals surface area contributed by atoms with Gasteiger partial charge in [-0.1, -0.05) is 30.3 Å². The predicted molar refractivity (Wildman–Crippen MR) is 98.6 cm³/mol. The zero-order valence-corrected chi connectivity index (χ0v) is 15.9. The number of piperazine rings is 1. The Kier molecular flexibility index (Phi) is 7.44. The van der Waals surface area contributed by atoms with Crippen LogP contribution in [-0.2, 0) is 25.8 Å². The van der Waals surface area contributed by atoms with Crippen LogP contribution in [0.4, 0.5) is 4.79 Å². The van der Waals surface area contributed by atoms with Gasteiger partial charge in [-0.2, -0.15) is 0 Å². The molecule has 0 aliphatic carbocycles. The van der Waals surface area contributed by atoms with E-state index in [9.17, 15) is 18.0 Å². The van der Waals surface area contributed by atoms with E-state index in [1.165, 1.54) is 9.80 Å². The van der Waals surface area contributed by atoms with Crippen LogP contribution in [0.25, 0.3) is 0 Å². The minimum Gasteiger partial charge on any atom is -0.450 e. The molecule has 26 heavy (non-hydrogen) atoms. The van der Waals surface area contributed by atoms with Crippen LogP contribution in [-0.4, -0.2) is 74.5 Å². The summed E-state index contributed by atoms with van der Waals surface area (Å²) in [6.07, 6.45) is 0.774. The zero-order valence-electron chi connectivity index (χ0n) is 15.1. The van der Waals surface area contributed by atoms with Crippen LogP contribution >= 0.6 is 0 Å². The summed E-state index contributed by atoms with van der Waals surface area (Å²) in [7, 11) is -3.44. The summed E-state index contributed by atoms with van der Waals surface area (Å²) >= 11 is 0. The van der Waals surface area contributed by atoms with E-state index in [0.29, 0.717) is 45.6 Å². The van der Waals surface area contributed by atoms with E-state index in [2.05, 4.69) is 0 Å². The Morgan fingerprint density at radius 2 is 1.65 bits per heavy atom. The number of ether oxygens (including phenoxy) is 1. The van der Waals surface area contributed by atoms with Crippen LogP contribution in [0.2, 0.25) is 0 Å². The Hall–Kier alpha value is -2.09. The molecule has 0 N–H and O–H groups in total. The molecule has 7 nitrogen and oxygen atoms in total. The molecule has 0 bridgehead atoms. The number of aryl methyl sites for hydroxylation is 1. The van der Waals surface area contributed by atoms with Gasteiger partial charge in [0, 0.05) is 26.2 Å². The molecule has 1 saturated heterocycles. The van der Waals surface area contributed by atoms with Gasteiger partial charge >= 0.3 is 6.09 Å². The van der Waals surface area contributed by atoms with Crippen molar-refractivity contribution in [2.75, 3.05) is 44.3 Å². The molecule has 1 aliphatic rings. The summed E-state index contributed by atoms with van der Waals surface area (Å²) in [5, 5.41) is 0. The zero-order chi connectivity index (χ0) is 19.0. The van der Waals surface area contributed by atoms with Crippen molar-refractivity contribution >= 4 is 21.8 Å². The van der Waals surface area contributed by atoms with E-state index in [-0.39, 0.29) is 5.75 Å². The maximum atomic E-state index is 12.3. The monoisotopic (exact) mass is 382 g/mol. The van der Waals surface area contributed by atoms with E-state index in [1.54, 1.807) is 6.92 Å². The van der Waals surface area contributed by atoms with Gasteiger partial charge in [0.2, 0.25) is 5.91 Å². The second-order valence-electron chi connectivity index (χ2n) is 6.25. The van der Waals surface area contributed by atoms with Gasteiger partial charge in [-0.3, -0.25) is 4.79 Å². The Balaban J connectivity index is 1.75. The van der Waals surface area contributed by atoms with E-state index in [1.807, 2.05) is 30.3 Å². The summed E-state index contributed by atoms with van der Waals surface area (Å²) in [5.41, 5.74) is 1.09. The second-order valence-corrected chi connectivity index (χ2v) is 8.43. The fourth-order valence-electron chi connectivity index (χ4n) is 2.85. The quantitative estimate of drug-likeness (QED) is 0.710. The first-order valence-corrected chi connectivity index (χ1v) is 10.7. The largest absolute Gasteiger partial charge is 0.450 e. The maximum absolute atomic E-state index is 12.3. The Morgan fingerprint density at radius 1 is 1.04 bits per heavy atom. The fraction of sp³-hybridized carbons (Fsp3) is 0.556. The molecular formula is C18H26N2O5S. The number of rotatable bonds is 7. The highest BCUT2D eigenvalue weighted by Crippen LogP contribution is 2.08. The summed E-state index contributed by atoms with van der Waals surface area (Å²) in [6.45, 7) is 3.42. The molecule has 0 radical (unpaired) electrons. The number of hydrogen-bond donors (Lipinski definition) is 0. The van der Waals surface area contributed by atoms with E-state index in [4.69, 9.17) is 4.74 Å². The van der Waals surface area contributed by atoms with Crippen LogP contribution in [0.5, 0.6) is 0 Å². The summed E-state index contributed by atoms with van der Waals surface area (Å²) < 4.78 is 29.3. The molecule has 0 spiro atoms. The van der Waals surface area contributed by atoms with Crippen molar-refractivity contribution in [3.8, 4) is 0 Å². The average molecular weight is 382 g/mol. The van der Waals surface area contributed by atoms with Gasteiger partial charge in [0.1, 0.15) is 5.75 Å². The molecule has 0 saturated carbocycles. The number of benzene rings is 1. The van der Waals surface area contributed by atoms with E-state index >= 15 is 0 Å². The van der Waals surface area contributed by atoms with Gasteiger partial charge in [0.05, 0.1) is 12.4 Å². The van der Waals surface area contributed by atoms with Crippen molar-refractivity contribution < 1.29 is 22.7 Å². The number of sulfone groups is 1. The number of hydrogen-bond acceptors (Lipinski definition) is 5. The molecule has 1 fully saturated rings. The number of carbonyl (C=O) groups excluding carboxylic acids is 2. The van der Waals surface area contributed by atoms with Gasteiger partial charge in [-0.05, 0) is 25.3 Å². The molecule has 2 amide bonds. The third kappa shape index (κ3) is 6.33. The first kappa shape index (κ1) is 20.2. The minimum atomic E-state index is -3.44. The van der Waals surface area contributed by atoms with Gasteiger partial charge < -0.3 is 14.5 Å². The number of nitrogens with zero attached hydrogens (tertiary/aromatic N) is 2. The highest BCUT2D eigenvalue weighted by atomic mass is 32.2. The van der Waals surface area contributed by atoms with Crippen LogP contribution in [0.3, 0.4) is 0 Å². The van der Waals surface area contributed by atoms with E-state index < -0.39 is 27.6 Å². The average Bonchev–Trinajstić information content (AvgIpc) is 2.62. The van der Waals surface area contributed by atoms with Gasteiger partial charge in [0.15, 0.2) is 9.84 Å². The molecule has 1 aromatic rings. The first-order chi connectivity index (χ1) is 12.4. The third-order valence-electron chi connectivity index (χ3n) is 4.27. The van der Waals surface area contributed by atoms with Crippen LogP contribution in [0.1, 0.15) is 18.9 Å². The molecule has 8 heteroatoms. The van der Waals surface area contributed by atoms with Crippen LogP contribution in [0, 0.1) is 0 Å². The van der Waals surface area contributed by atoms with Crippen molar-refractivity contribution in [1.29, 1.82) is 0 Å². The molecule has 2 rings (SSSR count). The van der Waals surface area contributed by atoms with Crippen molar-refractivity contribution in [2.45, 2.75) is 19.8 Å². The van der Waals surface area contributed by atoms with Gasteiger partial charge in [-0.15, -0.1) is 0 Å². The Labute approximate surface area is 154 Å². The van der Waals surface area contributed by atoms with Gasteiger partial charge in [0.25, 0.3) is 0 Å². The van der Waals surface area contributed by atoms with Crippen LogP contribution in [0.15, 0.2) is 30.3 Å². The SMILES string of the molecule is CCOC(=O)N1CCN(C(=O)CS(=O)(=O)CCCc2ccccc2)CC1. The predicted octanol–water partition coefficient (Wildman–Crippen LogP) is 1.33. The molecule has 0 atom stereocenters. The highest BCUT2D eigenvalue weighted by Gasteiger charge is 2.27. The molecular weight excluding hydrogens is 356 g/mol. The molecule has 1 aromatic carbocycles. The number of amides is 2. The highest BCUT2D eigenvalue weighted by molar-refractivity contribution is 7.92. The third-order valence-corrected chi connectivity index (χ3v) is 5.86. The van der Waals surface area contributed by atoms with Crippen molar-refractivity contribution in [2.24, 2.45) is 0 Å². The minimum absolute atomic E-state index is 0.00355. The lowest BCUT2D eigenvalue weighted by Gasteiger charge is -2.34. The Morgan fingerprint density at radius 3 is 2.27 bits per heavy atom. The lowest BCUT2D eigenvalue weighted by atomic mass is 10.1. The molecule has 144 valence electrons. The topological polar surface area (TPSA) is 84.0 Å². The maximum Gasteiger partial charge on any atom is 0.409 e. The van der Waals surface area contributed by atoms with Crippen molar-refractivity contribution in [1.82, 2.24) is 9.80 Å². The smallest absolute Gasteiger partial charge is 0.409 e. The summed E-state index contributed by atoms with van der Waals surface area (Å²) in [4.78, 5) is 26.9. The fourth-order valence-corrected chi connectivity index (χ4v) is 4.13. The number of carbonyl (C=O) groups is 2. The van der Waals surface area contributed by atoms with E-state index in [0.717, 1.165) is 5.56 Å². The van der Waals surface area contributed by atoms with Crippen molar-refractivity contribution in [3.05, 3.63) is 35.9 Å². The Bertz CT molecular complexity index is 698. The lowest BCUT2D eigenvalue weighted by Crippen LogP contribution is -2.52. The molecule has 1 heterocycles. The summed E-state index contributed by atoms with van der Waals surface area (Å²) in [5.74, 6) is -0.870. The van der Waals surface area contributed by atoms with Crippen molar-refractivity contribution in [3.63, 3.8) is 0 Å². The van der Waals surface area contributed by atoms with Crippen LogP contribution < -0.4 is 0 Å². The second kappa shape index (κ2) is 9.56. The van der Waals surface area contributed by atoms with Gasteiger partial charge in [-0.25, -0.2) is 13.2 Å².